The number of hydrogen-bond acceptors (Lipinski definition) is 8. The van der Waals surface area contributed by atoms with Gasteiger partial charge in [0.2, 0.25) is 11.8 Å². The molecule has 2 aliphatic heterocycles. The first-order chi connectivity index (χ1) is 25.6. The molecule has 2 atom stereocenters. The highest BCUT2D eigenvalue weighted by molar-refractivity contribution is 5.92. The summed E-state index contributed by atoms with van der Waals surface area (Å²) in [6.45, 7) is 0.928. The summed E-state index contributed by atoms with van der Waals surface area (Å²) in [5.41, 5.74) is 2.31. The molecule has 4 aromatic rings. The van der Waals surface area contributed by atoms with Crippen molar-refractivity contribution in [2.45, 2.75) is 31.7 Å². The van der Waals surface area contributed by atoms with Crippen molar-refractivity contribution >= 4 is 34.7 Å². The van der Waals surface area contributed by atoms with E-state index in [0.717, 1.165) is 21.9 Å². The monoisotopic (exact) mass is 720 g/mol. The zero-order valence-corrected chi connectivity index (χ0v) is 29.6. The summed E-state index contributed by atoms with van der Waals surface area (Å²) < 4.78 is 18.9. The molecule has 4 aromatic carbocycles. The van der Waals surface area contributed by atoms with E-state index in [0.29, 0.717) is 24.4 Å². The second-order valence-corrected chi connectivity index (χ2v) is 13.2. The van der Waals surface area contributed by atoms with Gasteiger partial charge in [-0.15, -0.1) is 0 Å². The average Bonchev–Trinajstić information content (AvgIpc) is 3.47. The molecule has 2 heterocycles. The molecule has 0 unspecified atom stereocenters. The van der Waals surface area contributed by atoms with E-state index < -0.39 is 30.1 Å². The molecule has 13 nitrogen and oxygen atoms in total. The summed E-state index contributed by atoms with van der Waals surface area (Å²) in [7, 11) is 3.80. The zero-order chi connectivity index (χ0) is 37.5. The van der Waals surface area contributed by atoms with Gasteiger partial charge in [0.25, 0.3) is 0 Å². The number of amides is 5. The van der Waals surface area contributed by atoms with Crippen molar-refractivity contribution in [2.24, 2.45) is 0 Å². The number of carbonyl (C=O) groups excluding carboxylic acids is 4. The molecule has 0 radical (unpaired) electrons. The number of benzene rings is 4. The lowest BCUT2D eigenvalue weighted by Gasteiger charge is -2.46. The van der Waals surface area contributed by atoms with Crippen LogP contribution in [0.2, 0.25) is 0 Å². The van der Waals surface area contributed by atoms with E-state index in [1.54, 1.807) is 46.3 Å². The van der Waals surface area contributed by atoms with E-state index in [1.807, 2.05) is 67.5 Å². The lowest BCUT2D eigenvalue weighted by Crippen LogP contribution is -2.66. The van der Waals surface area contributed by atoms with Crippen LogP contribution in [0.4, 0.5) is 14.0 Å². The van der Waals surface area contributed by atoms with E-state index in [2.05, 4.69) is 10.6 Å². The maximum atomic E-state index is 14.4. The third-order valence-electron chi connectivity index (χ3n) is 9.32. The zero-order valence-electron chi connectivity index (χ0n) is 29.6. The van der Waals surface area contributed by atoms with Gasteiger partial charge in [-0.05, 0) is 65.8 Å². The van der Waals surface area contributed by atoms with Crippen LogP contribution in [-0.2, 0) is 29.1 Å². The fraction of sp³-hybridized carbons (Fsp3) is 0.308. The fourth-order valence-electron chi connectivity index (χ4n) is 6.69. The van der Waals surface area contributed by atoms with Gasteiger partial charge in [0.1, 0.15) is 30.3 Å². The molecule has 2 N–H and O–H groups in total. The highest BCUT2D eigenvalue weighted by Gasteiger charge is 2.52. The Morgan fingerprint density at radius 2 is 1.66 bits per heavy atom. The first-order valence-corrected chi connectivity index (χ1v) is 17.3. The SMILES string of the molecule is CN(C)CCNC(=O)Oc1ccc(C[C@H]2C(=O)N(Cc3cccc4ccccc34)C[C@H]3N2C(=O)CN3N(CC#N)C(=O)NCc2ccc(F)cc2)cc1. The van der Waals surface area contributed by atoms with Crippen molar-refractivity contribution in [3.8, 4) is 11.8 Å². The van der Waals surface area contributed by atoms with Gasteiger partial charge >= 0.3 is 12.1 Å². The molecule has 53 heavy (non-hydrogen) atoms. The summed E-state index contributed by atoms with van der Waals surface area (Å²) in [4.78, 5) is 59.2. The Morgan fingerprint density at radius 3 is 2.40 bits per heavy atom. The Labute approximate surface area is 307 Å². The molecule has 5 amide bonds. The predicted octanol–water partition coefficient (Wildman–Crippen LogP) is 3.70. The van der Waals surface area contributed by atoms with Crippen LogP contribution in [0.5, 0.6) is 5.75 Å². The van der Waals surface area contributed by atoms with Gasteiger partial charge in [-0.1, -0.05) is 66.7 Å². The van der Waals surface area contributed by atoms with E-state index in [1.165, 1.54) is 22.0 Å². The summed E-state index contributed by atoms with van der Waals surface area (Å²) >= 11 is 0. The third kappa shape index (κ3) is 8.71. The fourth-order valence-corrected chi connectivity index (χ4v) is 6.69. The van der Waals surface area contributed by atoms with E-state index in [4.69, 9.17) is 4.74 Å². The van der Waals surface area contributed by atoms with E-state index >= 15 is 0 Å². The van der Waals surface area contributed by atoms with Crippen LogP contribution < -0.4 is 15.4 Å². The van der Waals surface area contributed by atoms with Gasteiger partial charge < -0.3 is 30.1 Å². The number of halogens is 1. The van der Waals surface area contributed by atoms with Crippen molar-refractivity contribution in [1.82, 2.24) is 35.4 Å². The minimum Gasteiger partial charge on any atom is -0.410 e. The summed E-state index contributed by atoms with van der Waals surface area (Å²) in [5.74, 6) is -0.692. The highest BCUT2D eigenvalue weighted by atomic mass is 19.1. The lowest BCUT2D eigenvalue weighted by atomic mass is 9.99. The molecule has 6 rings (SSSR count). The Bertz CT molecular complexity index is 2000. The van der Waals surface area contributed by atoms with Gasteiger partial charge in [0.15, 0.2) is 0 Å². The van der Waals surface area contributed by atoms with Crippen molar-refractivity contribution in [3.63, 3.8) is 0 Å². The number of nitrogens with zero attached hydrogens (tertiary/aromatic N) is 6. The minimum atomic E-state index is -0.923. The van der Waals surface area contributed by atoms with Gasteiger partial charge in [-0.25, -0.2) is 19.0 Å². The minimum absolute atomic E-state index is 0.0724. The second-order valence-electron chi connectivity index (χ2n) is 13.2. The van der Waals surface area contributed by atoms with Gasteiger partial charge in [0, 0.05) is 32.6 Å². The van der Waals surface area contributed by atoms with Crippen molar-refractivity contribution in [3.05, 3.63) is 114 Å². The van der Waals surface area contributed by atoms with Crippen LogP contribution in [0, 0.1) is 17.1 Å². The topological polar surface area (TPSA) is 142 Å². The molecule has 0 spiro atoms. The number of likely N-dealkylation sites (N-methyl/N-ethyl adjacent to an activating group) is 1. The number of nitrogens with one attached hydrogen (secondary N) is 2. The standard InChI is InChI=1S/C39H41FN8O5/c1-44(2)21-19-42-39(52)53-32-16-12-27(13-17-32)22-34-37(50)45(24-30-8-5-7-29-6-3-4-9-33(29)30)25-35-47(26-36(49)48(34)35)46(20-18-41)38(51)43-23-28-10-14-31(40)15-11-28/h3-17,34-35H,19-26H2,1-2H3,(H,42,52)(H,43,51)/t34-,35+/m0/s1. The number of hydrazine groups is 1. The molecule has 0 aromatic heterocycles. The Hall–Kier alpha value is -6.04. The number of fused-ring (bicyclic) bond motifs is 2. The number of nitriles is 1. The third-order valence-corrected chi connectivity index (χ3v) is 9.32. The summed E-state index contributed by atoms with van der Waals surface area (Å²) in [5, 5.41) is 20.0. The van der Waals surface area contributed by atoms with Crippen LogP contribution in [-0.4, -0.2) is 108 Å². The van der Waals surface area contributed by atoms with Crippen LogP contribution in [0.15, 0.2) is 91.0 Å². The Morgan fingerprint density at radius 1 is 0.943 bits per heavy atom. The Kier molecular flexibility index (Phi) is 11.5. The first-order valence-electron chi connectivity index (χ1n) is 17.3. The second kappa shape index (κ2) is 16.5. The summed E-state index contributed by atoms with van der Waals surface area (Å²) in [6, 6.07) is 26.8. The maximum absolute atomic E-state index is 14.4. The largest absolute Gasteiger partial charge is 0.412 e. The highest BCUT2D eigenvalue weighted by Crippen LogP contribution is 2.31. The van der Waals surface area contributed by atoms with Crippen molar-refractivity contribution in [1.29, 1.82) is 5.26 Å². The van der Waals surface area contributed by atoms with Crippen LogP contribution >= 0.6 is 0 Å². The molecule has 274 valence electrons. The molecule has 2 aliphatic rings. The molecular formula is C39H41FN8O5. The number of hydrogen-bond donors (Lipinski definition) is 2. The lowest BCUT2D eigenvalue weighted by molar-refractivity contribution is -0.157. The predicted molar refractivity (Wildman–Crippen MR) is 194 cm³/mol. The van der Waals surface area contributed by atoms with Crippen LogP contribution in [0.1, 0.15) is 16.7 Å². The molecule has 2 saturated heterocycles. The first kappa shape index (κ1) is 36.7. The number of ether oxygens (including phenoxy) is 1. The number of rotatable bonds is 12. The van der Waals surface area contributed by atoms with Gasteiger partial charge in [-0.2, -0.15) is 10.3 Å². The normalized spacial score (nSPS) is 17.1. The molecule has 2 fully saturated rings. The molecule has 14 heteroatoms. The number of urea groups is 1. The van der Waals surface area contributed by atoms with Crippen LogP contribution in [0.25, 0.3) is 10.8 Å². The molecule has 0 saturated carbocycles. The maximum Gasteiger partial charge on any atom is 0.412 e. The van der Waals surface area contributed by atoms with E-state index in [9.17, 15) is 28.8 Å². The van der Waals surface area contributed by atoms with Crippen molar-refractivity contribution in [2.75, 3.05) is 46.8 Å². The summed E-state index contributed by atoms with van der Waals surface area (Å²) in [6.07, 6.45) is -1.18. The number of carbonyl (C=O) groups is 4. The van der Waals surface area contributed by atoms with Gasteiger partial charge in [-0.3, -0.25) is 9.59 Å². The molecule has 0 bridgehead atoms. The number of piperazine rings is 1. The van der Waals surface area contributed by atoms with E-state index in [-0.39, 0.29) is 51.0 Å². The van der Waals surface area contributed by atoms with Crippen molar-refractivity contribution < 1.29 is 28.3 Å². The van der Waals surface area contributed by atoms with Crippen LogP contribution in [0.3, 0.4) is 0 Å². The quantitative estimate of drug-likeness (QED) is 0.211. The van der Waals surface area contributed by atoms with Gasteiger partial charge in [0.05, 0.1) is 19.2 Å². The molecular weight excluding hydrogens is 679 g/mol. The smallest absolute Gasteiger partial charge is 0.410 e. The average molecular weight is 721 g/mol. The molecule has 0 aliphatic carbocycles. The Balaban J connectivity index is 1.25.